The van der Waals surface area contributed by atoms with Crippen LogP contribution < -0.4 is 5.32 Å². The smallest absolute Gasteiger partial charge is 0.410 e. The lowest BCUT2D eigenvalue weighted by molar-refractivity contribution is -0.142. The van der Waals surface area contributed by atoms with Crippen molar-refractivity contribution in [2.24, 2.45) is 0 Å². The van der Waals surface area contributed by atoms with Crippen molar-refractivity contribution >= 4 is 29.0 Å². The van der Waals surface area contributed by atoms with E-state index in [1.54, 1.807) is 6.07 Å². The molecule has 2 aromatic carbocycles. The molecule has 0 saturated carbocycles. The highest BCUT2D eigenvalue weighted by Crippen LogP contribution is 2.20. The van der Waals surface area contributed by atoms with E-state index in [0.29, 0.717) is 36.1 Å². The SMILES string of the molecule is O=C(O)[C@H](Cc1cnc2ccccc2n1)NC(=O)[C@H]1CCCN1C(=O)OCc1ccccc1. The van der Waals surface area contributed by atoms with Crippen molar-refractivity contribution in [3.8, 4) is 0 Å². The number of carboxylic acids is 1. The fourth-order valence-corrected chi connectivity index (χ4v) is 3.83. The van der Waals surface area contributed by atoms with Gasteiger partial charge in [-0.2, -0.15) is 0 Å². The molecule has 0 radical (unpaired) electrons. The Morgan fingerprint density at radius 3 is 2.58 bits per heavy atom. The van der Waals surface area contributed by atoms with Crippen LogP contribution in [0.25, 0.3) is 11.0 Å². The Hall–Kier alpha value is -4.01. The van der Waals surface area contributed by atoms with Gasteiger partial charge in [0.2, 0.25) is 5.91 Å². The fourth-order valence-electron chi connectivity index (χ4n) is 3.83. The number of aromatic nitrogens is 2. The second kappa shape index (κ2) is 10.1. The molecule has 2 N–H and O–H groups in total. The first kappa shape index (κ1) is 22.2. The molecule has 9 heteroatoms. The van der Waals surface area contributed by atoms with Crippen molar-refractivity contribution in [2.45, 2.75) is 38.0 Å². The Kier molecular flexibility index (Phi) is 6.77. The molecule has 1 aliphatic heterocycles. The highest BCUT2D eigenvalue weighted by Gasteiger charge is 2.37. The summed E-state index contributed by atoms with van der Waals surface area (Å²) in [6.45, 7) is 0.475. The summed E-state index contributed by atoms with van der Waals surface area (Å²) in [5.41, 5.74) is 2.64. The molecule has 1 aromatic heterocycles. The normalized spacial score (nSPS) is 16.4. The summed E-state index contributed by atoms with van der Waals surface area (Å²) >= 11 is 0. The zero-order chi connectivity index (χ0) is 23.2. The molecule has 1 saturated heterocycles. The van der Waals surface area contributed by atoms with Crippen LogP contribution in [0.4, 0.5) is 4.79 Å². The number of carbonyl (C=O) groups is 3. The number of carbonyl (C=O) groups excluding carboxylic acids is 2. The number of ether oxygens (including phenoxy) is 1. The summed E-state index contributed by atoms with van der Waals surface area (Å²) in [6.07, 6.45) is 1.96. The maximum atomic E-state index is 12.9. The first-order valence-electron chi connectivity index (χ1n) is 10.7. The summed E-state index contributed by atoms with van der Waals surface area (Å²) < 4.78 is 5.35. The average molecular weight is 448 g/mol. The molecule has 1 fully saturated rings. The van der Waals surface area contributed by atoms with E-state index in [2.05, 4.69) is 15.3 Å². The number of aliphatic carboxylic acids is 1. The zero-order valence-corrected chi connectivity index (χ0v) is 17.9. The third kappa shape index (κ3) is 5.43. The zero-order valence-electron chi connectivity index (χ0n) is 17.9. The average Bonchev–Trinajstić information content (AvgIpc) is 3.33. The van der Waals surface area contributed by atoms with Crippen LogP contribution in [0.2, 0.25) is 0 Å². The summed E-state index contributed by atoms with van der Waals surface area (Å²) in [4.78, 5) is 47.4. The van der Waals surface area contributed by atoms with Gasteiger partial charge in [0.1, 0.15) is 18.7 Å². The van der Waals surface area contributed by atoms with Gasteiger partial charge in [0.25, 0.3) is 0 Å². The first-order chi connectivity index (χ1) is 16.0. The molecule has 2 atom stereocenters. The molecular formula is C24H24N4O5. The summed E-state index contributed by atoms with van der Waals surface area (Å²) in [7, 11) is 0. The van der Waals surface area contributed by atoms with Crippen molar-refractivity contribution in [2.75, 3.05) is 6.54 Å². The van der Waals surface area contributed by atoms with E-state index < -0.39 is 30.1 Å². The maximum Gasteiger partial charge on any atom is 0.410 e. The van der Waals surface area contributed by atoms with E-state index in [1.807, 2.05) is 48.5 Å². The van der Waals surface area contributed by atoms with Crippen LogP contribution in [0.1, 0.15) is 24.1 Å². The van der Waals surface area contributed by atoms with E-state index in [0.717, 1.165) is 5.56 Å². The molecule has 0 unspecified atom stereocenters. The molecule has 2 heterocycles. The van der Waals surface area contributed by atoms with Crippen LogP contribution >= 0.6 is 0 Å². The Bertz CT molecular complexity index is 1150. The molecule has 1 aliphatic rings. The van der Waals surface area contributed by atoms with E-state index in [1.165, 1.54) is 11.1 Å². The standard InChI is InChI=1S/C24H24N4O5/c29-22(21-11-6-12-28(21)24(32)33-15-16-7-2-1-3-8-16)27-20(23(30)31)13-17-14-25-18-9-4-5-10-19(18)26-17/h1-5,7-10,14,20-21H,6,11-13,15H2,(H,27,29)(H,30,31)/t20-,21+/m0/s1. The van der Waals surface area contributed by atoms with E-state index in [9.17, 15) is 19.5 Å². The number of nitrogens with one attached hydrogen (secondary N) is 1. The van der Waals surface area contributed by atoms with Crippen LogP contribution in [0.3, 0.4) is 0 Å². The Balaban J connectivity index is 1.39. The number of carboxylic acid groups (broad SMARTS) is 1. The number of para-hydroxylation sites is 2. The van der Waals surface area contributed by atoms with Gasteiger partial charge in [-0.25, -0.2) is 14.6 Å². The van der Waals surface area contributed by atoms with Gasteiger partial charge in [0.05, 0.1) is 16.7 Å². The first-order valence-corrected chi connectivity index (χ1v) is 10.7. The number of hydrogen-bond acceptors (Lipinski definition) is 6. The van der Waals surface area contributed by atoms with Gasteiger partial charge in [0, 0.05) is 19.2 Å². The van der Waals surface area contributed by atoms with Crippen molar-refractivity contribution in [3.05, 3.63) is 72.1 Å². The third-order valence-corrected chi connectivity index (χ3v) is 5.52. The van der Waals surface area contributed by atoms with Gasteiger partial charge in [-0.1, -0.05) is 42.5 Å². The number of hydrogen-bond donors (Lipinski definition) is 2. The van der Waals surface area contributed by atoms with Crippen molar-refractivity contribution in [1.29, 1.82) is 0 Å². The van der Waals surface area contributed by atoms with Gasteiger partial charge in [-0.15, -0.1) is 0 Å². The van der Waals surface area contributed by atoms with Crippen LogP contribution in [-0.2, 0) is 27.4 Å². The molecule has 0 bridgehead atoms. The number of nitrogens with zero attached hydrogens (tertiary/aromatic N) is 3. The van der Waals surface area contributed by atoms with E-state index in [-0.39, 0.29) is 13.0 Å². The predicted octanol–water partition coefficient (Wildman–Crippen LogP) is 2.54. The lowest BCUT2D eigenvalue weighted by Crippen LogP contribution is -2.51. The number of benzene rings is 2. The number of rotatable bonds is 7. The minimum atomic E-state index is -1.20. The summed E-state index contributed by atoms with van der Waals surface area (Å²) in [5, 5.41) is 12.2. The number of fused-ring (bicyclic) bond motifs is 1. The third-order valence-electron chi connectivity index (χ3n) is 5.52. The predicted molar refractivity (Wildman–Crippen MR) is 119 cm³/mol. The topological polar surface area (TPSA) is 122 Å². The van der Waals surface area contributed by atoms with Crippen LogP contribution in [0, 0.1) is 0 Å². The molecule has 3 aromatic rings. The van der Waals surface area contributed by atoms with Gasteiger partial charge in [-0.3, -0.25) is 14.7 Å². The quantitative estimate of drug-likeness (QED) is 0.570. The minimum absolute atomic E-state index is 0.0237. The van der Waals surface area contributed by atoms with Gasteiger partial charge in [-0.05, 0) is 30.5 Å². The Morgan fingerprint density at radius 1 is 1.09 bits per heavy atom. The van der Waals surface area contributed by atoms with Crippen LogP contribution in [0.5, 0.6) is 0 Å². The molecule has 170 valence electrons. The summed E-state index contributed by atoms with van der Waals surface area (Å²) in [6, 6.07) is 14.5. The lowest BCUT2D eigenvalue weighted by atomic mass is 10.1. The van der Waals surface area contributed by atoms with Gasteiger partial charge >= 0.3 is 12.1 Å². The molecular weight excluding hydrogens is 424 g/mol. The second-order valence-electron chi connectivity index (χ2n) is 7.85. The molecule has 0 aliphatic carbocycles. The van der Waals surface area contributed by atoms with E-state index >= 15 is 0 Å². The minimum Gasteiger partial charge on any atom is -0.480 e. The molecule has 9 nitrogen and oxygen atoms in total. The highest BCUT2D eigenvalue weighted by atomic mass is 16.6. The van der Waals surface area contributed by atoms with E-state index in [4.69, 9.17) is 4.74 Å². The second-order valence-corrected chi connectivity index (χ2v) is 7.85. The molecule has 4 rings (SSSR count). The molecule has 2 amide bonds. The Morgan fingerprint density at radius 2 is 1.82 bits per heavy atom. The Labute approximate surface area is 190 Å². The molecule has 0 spiro atoms. The van der Waals surface area contributed by atoms with Gasteiger partial charge in [0.15, 0.2) is 0 Å². The summed E-state index contributed by atoms with van der Waals surface area (Å²) in [5.74, 6) is -1.71. The van der Waals surface area contributed by atoms with Gasteiger partial charge < -0.3 is 15.2 Å². The van der Waals surface area contributed by atoms with Crippen molar-refractivity contribution in [1.82, 2.24) is 20.2 Å². The largest absolute Gasteiger partial charge is 0.480 e. The number of amides is 2. The van der Waals surface area contributed by atoms with Crippen LogP contribution in [-0.4, -0.2) is 56.6 Å². The van der Waals surface area contributed by atoms with Crippen LogP contribution in [0.15, 0.2) is 60.8 Å². The number of likely N-dealkylation sites (tertiary alicyclic amines) is 1. The molecule has 33 heavy (non-hydrogen) atoms. The maximum absolute atomic E-state index is 12.9. The monoisotopic (exact) mass is 448 g/mol. The highest BCUT2D eigenvalue weighted by molar-refractivity contribution is 5.89. The fraction of sp³-hybridized carbons (Fsp3) is 0.292. The van der Waals surface area contributed by atoms with Crippen molar-refractivity contribution in [3.63, 3.8) is 0 Å². The van der Waals surface area contributed by atoms with Crippen molar-refractivity contribution < 1.29 is 24.2 Å². The lowest BCUT2D eigenvalue weighted by Gasteiger charge is -2.25.